The number of hydrogen-bond donors (Lipinski definition) is 2. The fraction of sp³-hybridized carbons (Fsp3) is 0. The van der Waals surface area contributed by atoms with Crippen molar-refractivity contribution in [1.82, 2.24) is 10.9 Å². The van der Waals surface area contributed by atoms with Gasteiger partial charge in [0.15, 0.2) is 0 Å². The van der Waals surface area contributed by atoms with Crippen LogP contribution in [-0.2, 0) is 4.79 Å². The maximum absolute atomic E-state index is 12.9. The number of carbonyl (C=O) groups is 2. The predicted octanol–water partition coefficient (Wildman–Crippen LogP) is 3.12. The first kappa shape index (κ1) is 15.4. The second-order valence-corrected chi connectivity index (χ2v) is 6.40. The van der Waals surface area contributed by atoms with Crippen LogP contribution in [0.5, 0.6) is 0 Å². The molecule has 0 saturated carbocycles. The zero-order valence-electron chi connectivity index (χ0n) is 10.6. The molecule has 0 saturated heterocycles. The van der Waals surface area contributed by atoms with Gasteiger partial charge in [0.25, 0.3) is 11.8 Å². The van der Waals surface area contributed by atoms with Gasteiger partial charge in [-0.25, -0.2) is 4.39 Å². The molecule has 0 fully saturated rings. The predicted molar refractivity (Wildman–Crippen MR) is 83.1 cm³/mol. The van der Waals surface area contributed by atoms with Gasteiger partial charge in [-0.05, 0) is 51.8 Å². The summed E-state index contributed by atoms with van der Waals surface area (Å²) in [6.45, 7) is 0. The van der Waals surface area contributed by atoms with Gasteiger partial charge in [0.1, 0.15) is 5.82 Å². The van der Waals surface area contributed by atoms with Crippen LogP contribution in [0.1, 0.15) is 15.2 Å². The molecule has 21 heavy (non-hydrogen) atoms. The molecule has 0 unspecified atom stereocenters. The highest BCUT2D eigenvalue weighted by Crippen LogP contribution is 2.21. The minimum Gasteiger partial charge on any atom is -0.268 e. The largest absolute Gasteiger partial charge is 0.279 e. The van der Waals surface area contributed by atoms with E-state index < -0.39 is 11.8 Å². The lowest BCUT2D eigenvalue weighted by molar-refractivity contribution is -0.117. The first-order chi connectivity index (χ1) is 10.0. The van der Waals surface area contributed by atoms with Gasteiger partial charge in [-0.2, -0.15) is 0 Å². The topological polar surface area (TPSA) is 58.2 Å². The van der Waals surface area contributed by atoms with Crippen molar-refractivity contribution in [3.05, 3.63) is 62.5 Å². The summed E-state index contributed by atoms with van der Waals surface area (Å²) in [6.07, 6.45) is 2.66. The molecule has 4 nitrogen and oxygen atoms in total. The van der Waals surface area contributed by atoms with Gasteiger partial charge >= 0.3 is 0 Å². The van der Waals surface area contributed by atoms with Gasteiger partial charge in [0, 0.05) is 6.08 Å². The molecular weight excluding hydrogens is 359 g/mol. The Hall–Kier alpha value is -1.99. The third-order valence-electron chi connectivity index (χ3n) is 2.37. The van der Waals surface area contributed by atoms with Crippen LogP contribution in [0.25, 0.3) is 6.08 Å². The average molecular weight is 369 g/mol. The number of nitrogens with one attached hydrogen (secondary N) is 2. The number of hydrazine groups is 1. The minimum absolute atomic E-state index is 0.380. The summed E-state index contributed by atoms with van der Waals surface area (Å²) in [5.41, 5.74) is 5.09. The Kier molecular flexibility index (Phi) is 5.24. The van der Waals surface area contributed by atoms with Crippen LogP contribution >= 0.6 is 27.3 Å². The summed E-state index contributed by atoms with van der Waals surface area (Å²) in [4.78, 5) is 23.7. The van der Waals surface area contributed by atoms with Gasteiger partial charge in [-0.1, -0.05) is 12.1 Å². The highest BCUT2D eigenvalue weighted by Gasteiger charge is 2.08. The number of thiophene rings is 1. The molecule has 0 aliphatic heterocycles. The summed E-state index contributed by atoms with van der Waals surface area (Å²) >= 11 is 4.50. The molecule has 1 heterocycles. The minimum atomic E-state index is -0.511. The van der Waals surface area contributed by atoms with E-state index >= 15 is 0 Å². The van der Waals surface area contributed by atoms with Crippen molar-refractivity contribution in [2.75, 3.05) is 0 Å². The van der Waals surface area contributed by atoms with Gasteiger partial charge in [0.2, 0.25) is 0 Å². The van der Waals surface area contributed by atoms with Crippen molar-refractivity contribution in [3.8, 4) is 0 Å². The lowest BCUT2D eigenvalue weighted by Crippen LogP contribution is -2.40. The van der Waals surface area contributed by atoms with Crippen LogP contribution in [0.15, 0.2) is 46.3 Å². The Bertz CT molecular complexity index is 700. The van der Waals surface area contributed by atoms with Crippen molar-refractivity contribution in [1.29, 1.82) is 0 Å². The normalized spacial score (nSPS) is 10.6. The Balaban J connectivity index is 1.86. The van der Waals surface area contributed by atoms with Gasteiger partial charge in [-0.3, -0.25) is 20.4 Å². The number of carbonyl (C=O) groups excluding carboxylic acids is 2. The smallest absolute Gasteiger partial charge is 0.268 e. The van der Waals surface area contributed by atoms with Crippen molar-refractivity contribution in [3.63, 3.8) is 0 Å². The second kappa shape index (κ2) is 7.14. The fourth-order valence-corrected chi connectivity index (χ4v) is 2.72. The van der Waals surface area contributed by atoms with Gasteiger partial charge < -0.3 is 0 Å². The van der Waals surface area contributed by atoms with Crippen LogP contribution in [0.4, 0.5) is 4.39 Å². The molecule has 2 N–H and O–H groups in total. The summed E-state index contributed by atoms with van der Waals surface area (Å²) in [5, 5.41) is 0. The van der Waals surface area contributed by atoms with E-state index in [9.17, 15) is 14.0 Å². The number of amides is 2. The van der Waals surface area contributed by atoms with E-state index in [4.69, 9.17) is 0 Å². The monoisotopic (exact) mass is 368 g/mol. The number of benzene rings is 1. The Morgan fingerprint density at radius 1 is 1.19 bits per heavy atom. The van der Waals surface area contributed by atoms with E-state index in [-0.39, 0.29) is 5.82 Å². The zero-order chi connectivity index (χ0) is 15.2. The number of rotatable bonds is 3. The lowest BCUT2D eigenvalue weighted by Gasteiger charge is -2.03. The Morgan fingerprint density at radius 2 is 2.00 bits per heavy atom. The van der Waals surface area contributed by atoms with Crippen LogP contribution < -0.4 is 10.9 Å². The summed E-state index contributed by atoms with van der Waals surface area (Å²) in [7, 11) is 0. The summed E-state index contributed by atoms with van der Waals surface area (Å²) < 4.78 is 13.8. The highest BCUT2D eigenvalue weighted by atomic mass is 79.9. The first-order valence-corrected chi connectivity index (χ1v) is 7.45. The van der Waals surface area contributed by atoms with Crippen LogP contribution in [0.2, 0.25) is 0 Å². The number of halogens is 2. The molecule has 108 valence electrons. The van der Waals surface area contributed by atoms with Crippen LogP contribution in [0.3, 0.4) is 0 Å². The van der Waals surface area contributed by atoms with Crippen molar-refractivity contribution in [2.24, 2.45) is 0 Å². The average Bonchev–Trinajstić information content (AvgIpc) is 2.89. The van der Waals surface area contributed by atoms with Crippen LogP contribution in [0, 0.1) is 5.82 Å². The van der Waals surface area contributed by atoms with Gasteiger partial charge in [0.05, 0.1) is 8.66 Å². The Morgan fingerprint density at radius 3 is 2.67 bits per heavy atom. The van der Waals surface area contributed by atoms with E-state index in [0.29, 0.717) is 10.4 Å². The van der Waals surface area contributed by atoms with E-state index in [0.717, 1.165) is 3.79 Å². The molecule has 2 rings (SSSR count). The second-order valence-electron chi connectivity index (χ2n) is 3.94. The van der Waals surface area contributed by atoms with Crippen molar-refractivity contribution >= 4 is 45.2 Å². The summed E-state index contributed by atoms with van der Waals surface area (Å²) in [6, 6.07) is 9.20. The van der Waals surface area contributed by atoms with E-state index in [2.05, 4.69) is 26.8 Å². The summed E-state index contributed by atoms with van der Waals surface area (Å²) in [5.74, 6) is -1.30. The highest BCUT2D eigenvalue weighted by molar-refractivity contribution is 9.11. The lowest BCUT2D eigenvalue weighted by atomic mass is 10.2. The van der Waals surface area contributed by atoms with Crippen LogP contribution in [-0.4, -0.2) is 11.8 Å². The maximum Gasteiger partial charge on any atom is 0.279 e. The SMILES string of the molecule is O=C(/C=C/c1cccc(F)c1)NNC(=O)c1ccc(Br)s1. The van der Waals surface area contributed by atoms with Crippen molar-refractivity contribution in [2.45, 2.75) is 0 Å². The molecule has 1 aromatic carbocycles. The molecule has 7 heteroatoms. The van der Waals surface area contributed by atoms with E-state index in [1.54, 1.807) is 24.3 Å². The van der Waals surface area contributed by atoms with Crippen molar-refractivity contribution < 1.29 is 14.0 Å². The molecule has 0 atom stereocenters. The standard InChI is InChI=1S/C14H10BrFN2O2S/c15-12-6-5-11(21-12)14(20)18-17-13(19)7-4-9-2-1-3-10(16)8-9/h1-8H,(H,17,19)(H,18,20)/b7-4+. The fourth-order valence-electron chi connectivity index (χ4n) is 1.44. The van der Waals surface area contributed by atoms with E-state index in [1.807, 2.05) is 0 Å². The molecule has 2 aromatic rings. The van der Waals surface area contributed by atoms with E-state index in [1.165, 1.54) is 35.6 Å². The third kappa shape index (κ3) is 4.80. The maximum atomic E-state index is 12.9. The molecule has 0 bridgehead atoms. The molecular formula is C14H10BrFN2O2S. The zero-order valence-corrected chi connectivity index (χ0v) is 13.0. The Labute approximate surface area is 132 Å². The molecule has 2 amide bonds. The molecule has 0 spiro atoms. The quantitative estimate of drug-likeness (QED) is 0.645. The number of hydrogen-bond acceptors (Lipinski definition) is 3. The molecule has 0 aliphatic carbocycles. The third-order valence-corrected chi connectivity index (χ3v) is 3.99. The molecule has 0 aliphatic rings. The van der Waals surface area contributed by atoms with Gasteiger partial charge in [-0.15, -0.1) is 11.3 Å². The molecule has 1 aromatic heterocycles. The first-order valence-electron chi connectivity index (χ1n) is 5.84. The molecule has 0 radical (unpaired) electrons.